The molecule has 42 heavy (non-hydrogen) atoms. The number of amides is 2. The highest BCUT2D eigenvalue weighted by molar-refractivity contribution is 7.92. The fraction of sp³-hybridized carbons (Fsp3) is 0.333. The van der Waals surface area contributed by atoms with E-state index in [1.54, 1.807) is 55.5 Å². The number of anilines is 1. The van der Waals surface area contributed by atoms with Crippen LogP contribution in [0.2, 0.25) is 10.0 Å². The zero-order valence-electron chi connectivity index (χ0n) is 23.5. The zero-order chi connectivity index (χ0) is 30.4. The number of sulfonamides is 1. The predicted octanol–water partition coefficient (Wildman–Crippen LogP) is 5.29. The molecule has 1 N–H and O–H groups in total. The lowest BCUT2D eigenvalue weighted by Gasteiger charge is -2.33. The minimum atomic E-state index is -4.23. The van der Waals surface area contributed by atoms with E-state index in [4.69, 9.17) is 32.7 Å². The second-order valence-corrected chi connectivity index (χ2v) is 12.5. The largest absolute Gasteiger partial charge is 0.486 e. The molecule has 0 unspecified atom stereocenters. The van der Waals surface area contributed by atoms with Crippen LogP contribution >= 0.6 is 23.2 Å². The first-order valence-corrected chi connectivity index (χ1v) is 15.7. The van der Waals surface area contributed by atoms with E-state index in [-0.39, 0.29) is 23.2 Å². The number of carbonyl (C=O) groups is 2. The number of rotatable bonds is 11. The Hall–Kier alpha value is -3.47. The number of benzene rings is 3. The van der Waals surface area contributed by atoms with Crippen LogP contribution in [0.5, 0.6) is 11.5 Å². The van der Waals surface area contributed by atoms with E-state index in [2.05, 4.69) is 5.32 Å². The number of ether oxygens (including phenoxy) is 2. The number of hydrogen-bond acceptors (Lipinski definition) is 6. The molecule has 9 nitrogen and oxygen atoms in total. The van der Waals surface area contributed by atoms with Gasteiger partial charge in [-0.15, -0.1) is 0 Å². The zero-order valence-corrected chi connectivity index (χ0v) is 25.9. The quantitative estimate of drug-likeness (QED) is 0.308. The normalized spacial score (nSPS) is 14.0. The summed E-state index contributed by atoms with van der Waals surface area (Å²) in [6.45, 7) is 5.32. The van der Waals surface area contributed by atoms with Crippen LogP contribution in [-0.2, 0) is 26.2 Å². The number of fused-ring (bicyclic) bond motifs is 1. The maximum atomic E-state index is 14.1. The van der Waals surface area contributed by atoms with Crippen LogP contribution in [0, 0.1) is 0 Å². The van der Waals surface area contributed by atoms with Crippen LogP contribution < -0.4 is 19.1 Å². The van der Waals surface area contributed by atoms with E-state index in [1.807, 2.05) is 13.8 Å². The van der Waals surface area contributed by atoms with Gasteiger partial charge in [0.25, 0.3) is 10.0 Å². The van der Waals surface area contributed by atoms with Gasteiger partial charge in [-0.2, -0.15) is 0 Å². The molecule has 12 heteroatoms. The molecule has 0 aliphatic carbocycles. The smallest absolute Gasteiger partial charge is 0.264 e. The molecular formula is C30H33Cl2N3O6S. The number of nitrogens with zero attached hydrogens (tertiary/aromatic N) is 2. The van der Waals surface area contributed by atoms with Crippen molar-refractivity contribution >= 4 is 50.7 Å². The Kier molecular flexibility index (Phi) is 10.2. The first kappa shape index (κ1) is 31.5. The van der Waals surface area contributed by atoms with Gasteiger partial charge in [-0.25, -0.2) is 8.42 Å². The van der Waals surface area contributed by atoms with E-state index in [9.17, 15) is 18.0 Å². The van der Waals surface area contributed by atoms with Crippen molar-refractivity contribution in [2.75, 3.05) is 24.1 Å². The molecule has 1 aliphatic heterocycles. The third-order valence-electron chi connectivity index (χ3n) is 6.98. The van der Waals surface area contributed by atoms with Crippen LogP contribution in [0.15, 0.2) is 71.6 Å². The Labute approximate surface area is 256 Å². The average molecular weight is 635 g/mol. The van der Waals surface area contributed by atoms with Gasteiger partial charge in [0.1, 0.15) is 25.8 Å². The Morgan fingerprint density at radius 3 is 2.21 bits per heavy atom. The maximum absolute atomic E-state index is 14.1. The van der Waals surface area contributed by atoms with Crippen LogP contribution in [-0.4, -0.2) is 57.0 Å². The Morgan fingerprint density at radius 1 is 0.929 bits per heavy atom. The van der Waals surface area contributed by atoms with Gasteiger partial charge in [0, 0.05) is 34.3 Å². The molecule has 0 saturated carbocycles. The number of halogens is 2. The summed E-state index contributed by atoms with van der Waals surface area (Å²) in [4.78, 5) is 28.6. The van der Waals surface area contributed by atoms with Crippen molar-refractivity contribution in [1.82, 2.24) is 10.2 Å². The molecule has 3 aromatic rings. The Bertz CT molecular complexity index is 1520. The molecule has 2 amide bonds. The molecular weight excluding hydrogens is 601 g/mol. The first-order valence-electron chi connectivity index (χ1n) is 13.5. The third kappa shape index (κ3) is 7.11. The van der Waals surface area contributed by atoms with Gasteiger partial charge >= 0.3 is 0 Å². The summed E-state index contributed by atoms with van der Waals surface area (Å²) in [7, 11) is -4.23. The average Bonchev–Trinajstić information content (AvgIpc) is 2.99. The number of nitrogens with one attached hydrogen (secondary N) is 1. The third-order valence-corrected chi connectivity index (χ3v) is 9.48. The molecule has 0 radical (unpaired) electrons. The summed E-state index contributed by atoms with van der Waals surface area (Å²) in [5.41, 5.74) is 0.637. The van der Waals surface area contributed by atoms with Crippen molar-refractivity contribution in [2.24, 2.45) is 0 Å². The lowest BCUT2D eigenvalue weighted by molar-refractivity contribution is -0.139. The molecule has 224 valence electrons. The van der Waals surface area contributed by atoms with Gasteiger partial charge in [0.2, 0.25) is 11.8 Å². The van der Waals surface area contributed by atoms with Gasteiger partial charge < -0.3 is 19.7 Å². The molecule has 0 fully saturated rings. The lowest BCUT2D eigenvalue weighted by atomic mass is 10.1. The highest BCUT2D eigenvalue weighted by atomic mass is 35.5. The van der Waals surface area contributed by atoms with E-state index in [0.29, 0.717) is 46.7 Å². The van der Waals surface area contributed by atoms with Gasteiger partial charge in [0.05, 0.1) is 10.6 Å². The summed E-state index contributed by atoms with van der Waals surface area (Å²) >= 11 is 12.9. The van der Waals surface area contributed by atoms with Crippen molar-refractivity contribution in [2.45, 2.75) is 50.7 Å². The van der Waals surface area contributed by atoms with E-state index in [1.165, 1.54) is 23.1 Å². The molecule has 2 atom stereocenters. The summed E-state index contributed by atoms with van der Waals surface area (Å²) in [6, 6.07) is 16.3. The molecule has 1 heterocycles. The summed E-state index contributed by atoms with van der Waals surface area (Å²) < 4.78 is 40.2. The van der Waals surface area contributed by atoms with Crippen molar-refractivity contribution in [3.63, 3.8) is 0 Å². The summed E-state index contributed by atoms with van der Waals surface area (Å²) in [5.74, 6) is -0.191. The minimum absolute atomic E-state index is 0.00375. The molecule has 4 rings (SSSR count). The predicted molar refractivity (Wildman–Crippen MR) is 163 cm³/mol. The lowest BCUT2D eigenvalue weighted by Crippen LogP contribution is -2.52. The first-order chi connectivity index (χ1) is 20.0. The van der Waals surface area contributed by atoms with E-state index in [0.717, 1.165) is 4.31 Å². The monoisotopic (exact) mass is 633 g/mol. The SMILES string of the molecule is CC[C@@H](C)NC(=O)[C@@H](C)N(Cc1c(Cl)cccc1Cl)C(=O)CN(c1ccc2c(c1)OCCO2)S(=O)(=O)c1ccccc1. The molecule has 0 spiro atoms. The van der Waals surface area contributed by atoms with Crippen molar-refractivity contribution in [3.05, 3.63) is 82.3 Å². The van der Waals surface area contributed by atoms with Gasteiger partial charge in [0.15, 0.2) is 11.5 Å². The molecule has 0 aromatic heterocycles. The standard InChI is InChI=1S/C30H33Cl2N3O6S/c1-4-20(2)33-30(37)21(3)34(18-24-25(31)11-8-12-26(24)32)29(36)19-35(42(38,39)23-9-6-5-7-10-23)22-13-14-27-28(17-22)41-16-15-40-27/h5-14,17,20-21H,4,15-16,18-19H2,1-3H3,(H,33,37)/t20-,21-/m1/s1. The topological polar surface area (TPSA) is 105 Å². The fourth-order valence-corrected chi connectivity index (χ4v) is 6.28. The fourth-order valence-electron chi connectivity index (χ4n) is 4.34. The Balaban J connectivity index is 1.76. The van der Waals surface area contributed by atoms with E-state index >= 15 is 0 Å². The van der Waals surface area contributed by atoms with Crippen LogP contribution in [0.25, 0.3) is 0 Å². The number of hydrogen-bond donors (Lipinski definition) is 1. The second-order valence-electron chi connectivity index (χ2n) is 9.87. The number of carbonyl (C=O) groups excluding carboxylic acids is 2. The Morgan fingerprint density at radius 2 is 1.57 bits per heavy atom. The van der Waals surface area contributed by atoms with Gasteiger partial charge in [-0.3, -0.25) is 13.9 Å². The second kappa shape index (κ2) is 13.7. The van der Waals surface area contributed by atoms with E-state index < -0.39 is 34.4 Å². The van der Waals surface area contributed by atoms with Crippen molar-refractivity contribution in [3.8, 4) is 11.5 Å². The van der Waals surface area contributed by atoms with Crippen LogP contribution in [0.3, 0.4) is 0 Å². The molecule has 0 saturated heterocycles. The van der Waals surface area contributed by atoms with Crippen LogP contribution in [0.1, 0.15) is 32.8 Å². The summed E-state index contributed by atoms with van der Waals surface area (Å²) in [5, 5.41) is 3.52. The molecule has 1 aliphatic rings. The van der Waals surface area contributed by atoms with Crippen molar-refractivity contribution < 1.29 is 27.5 Å². The van der Waals surface area contributed by atoms with Crippen LogP contribution in [0.4, 0.5) is 5.69 Å². The van der Waals surface area contributed by atoms with Gasteiger partial charge in [-0.05, 0) is 56.7 Å². The highest BCUT2D eigenvalue weighted by Crippen LogP contribution is 2.36. The maximum Gasteiger partial charge on any atom is 0.264 e. The minimum Gasteiger partial charge on any atom is -0.486 e. The molecule has 0 bridgehead atoms. The molecule has 3 aromatic carbocycles. The highest BCUT2D eigenvalue weighted by Gasteiger charge is 2.34. The van der Waals surface area contributed by atoms with Gasteiger partial charge in [-0.1, -0.05) is 54.4 Å². The van der Waals surface area contributed by atoms with Crippen molar-refractivity contribution in [1.29, 1.82) is 0 Å². The summed E-state index contributed by atoms with van der Waals surface area (Å²) in [6.07, 6.45) is 0.690.